The van der Waals surface area contributed by atoms with Gasteiger partial charge in [-0.15, -0.1) is 0 Å². The number of aromatic nitrogens is 1. The molecule has 0 aliphatic carbocycles. The standard InChI is InChI=1S/C19H17FN2O/c1-13-10-15-4-2-3-5-18(15)22(13)11-17-12-23-19(21-17)14-6-8-16(20)9-7-14/h2-9,12-13H,10-11H2,1H3/t13-/m0/s1. The Morgan fingerprint density at radius 3 is 2.78 bits per heavy atom. The number of para-hydroxylation sites is 1. The average Bonchev–Trinajstić information content (AvgIpc) is 3.14. The van der Waals surface area contributed by atoms with Crippen molar-refractivity contribution in [2.75, 3.05) is 4.90 Å². The zero-order valence-electron chi connectivity index (χ0n) is 12.9. The molecule has 1 aromatic heterocycles. The number of fused-ring (bicyclic) bond motifs is 1. The summed E-state index contributed by atoms with van der Waals surface area (Å²) in [5.41, 5.74) is 4.31. The second-order valence-corrected chi connectivity index (χ2v) is 5.96. The summed E-state index contributed by atoms with van der Waals surface area (Å²) in [6, 6.07) is 15.1. The Kier molecular flexibility index (Phi) is 3.37. The maximum absolute atomic E-state index is 13.0. The molecule has 0 fully saturated rings. The van der Waals surface area contributed by atoms with E-state index in [-0.39, 0.29) is 5.82 Å². The van der Waals surface area contributed by atoms with E-state index in [0.29, 0.717) is 18.5 Å². The van der Waals surface area contributed by atoms with E-state index in [1.807, 2.05) is 0 Å². The number of hydrogen-bond acceptors (Lipinski definition) is 3. The van der Waals surface area contributed by atoms with Crippen LogP contribution in [0.3, 0.4) is 0 Å². The summed E-state index contributed by atoms with van der Waals surface area (Å²) >= 11 is 0. The molecule has 1 atom stereocenters. The molecule has 4 rings (SSSR count). The van der Waals surface area contributed by atoms with Crippen LogP contribution in [0.5, 0.6) is 0 Å². The smallest absolute Gasteiger partial charge is 0.226 e. The Morgan fingerprint density at radius 1 is 1.17 bits per heavy atom. The van der Waals surface area contributed by atoms with Gasteiger partial charge < -0.3 is 9.32 Å². The SMILES string of the molecule is C[C@H]1Cc2ccccc2N1Cc1coc(-c2ccc(F)cc2)n1. The molecule has 2 heterocycles. The van der Waals surface area contributed by atoms with Crippen molar-refractivity contribution in [1.82, 2.24) is 4.98 Å². The molecule has 116 valence electrons. The number of benzene rings is 2. The largest absolute Gasteiger partial charge is 0.444 e. The number of halogens is 1. The van der Waals surface area contributed by atoms with Gasteiger partial charge in [-0.05, 0) is 49.2 Å². The zero-order valence-corrected chi connectivity index (χ0v) is 12.9. The van der Waals surface area contributed by atoms with Gasteiger partial charge in [-0.2, -0.15) is 0 Å². The zero-order chi connectivity index (χ0) is 15.8. The van der Waals surface area contributed by atoms with E-state index in [0.717, 1.165) is 17.7 Å². The average molecular weight is 308 g/mol. The Bertz CT molecular complexity index is 825. The van der Waals surface area contributed by atoms with E-state index in [2.05, 4.69) is 41.1 Å². The van der Waals surface area contributed by atoms with Gasteiger partial charge in [0.2, 0.25) is 5.89 Å². The quantitative estimate of drug-likeness (QED) is 0.716. The molecule has 4 heteroatoms. The molecule has 0 bridgehead atoms. The molecular weight excluding hydrogens is 291 g/mol. The predicted molar refractivity (Wildman–Crippen MR) is 87.7 cm³/mol. The summed E-state index contributed by atoms with van der Waals surface area (Å²) in [6.07, 6.45) is 2.74. The summed E-state index contributed by atoms with van der Waals surface area (Å²) < 4.78 is 18.6. The van der Waals surface area contributed by atoms with E-state index in [1.54, 1.807) is 18.4 Å². The van der Waals surface area contributed by atoms with Crippen LogP contribution >= 0.6 is 0 Å². The lowest BCUT2D eigenvalue weighted by molar-refractivity contribution is 0.570. The highest BCUT2D eigenvalue weighted by molar-refractivity contribution is 5.59. The minimum Gasteiger partial charge on any atom is -0.444 e. The summed E-state index contributed by atoms with van der Waals surface area (Å²) in [5.74, 6) is 0.267. The minimum atomic E-state index is -0.261. The van der Waals surface area contributed by atoms with Gasteiger partial charge in [0, 0.05) is 17.3 Å². The van der Waals surface area contributed by atoms with E-state index in [9.17, 15) is 4.39 Å². The Labute approximate surface area is 134 Å². The van der Waals surface area contributed by atoms with E-state index < -0.39 is 0 Å². The Morgan fingerprint density at radius 2 is 1.96 bits per heavy atom. The molecule has 3 aromatic rings. The van der Waals surface area contributed by atoms with Gasteiger partial charge >= 0.3 is 0 Å². The molecule has 0 amide bonds. The van der Waals surface area contributed by atoms with Crippen LogP contribution in [-0.2, 0) is 13.0 Å². The Hall–Kier alpha value is -2.62. The van der Waals surface area contributed by atoms with Crippen LogP contribution in [0.4, 0.5) is 10.1 Å². The molecule has 0 unspecified atom stereocenters. The third kappa shape index (κ3) is 2.61. The maximum Gasteiger partial charge on any atom is 0.226 e. The summed E-state index contributed by atoms with van der Waals surface area (Å²) in [4.78, 5) is 6.90. The van der Waals surface area contributed by atoms with Crippen molar-refractivity contribution in [2.45, 2.75) is 25.9 Å². The van der Waals surface area contributed by atoms with Crippen molar-refractivity contribution in [3.8, 4) is 11.5 Å². The number of anilines is 1. The lowest BCUT2D eigenvalue weighted by Gasteiger charge is -2.23. The van der Waals surface area contributed by atoms with Crippen LogP contribution in [0, 0.1) is 5.82 Å². The summed E-state index contributed by atoms with van der Waals surface area (Å²) in [7, 11) is 0. The van der Waals surface area contributed by atoms with Gasteiger partial charge in [0.25, 0.3) is 0 Å². The third-order valence-electron chi connectivity index (χ3n) is 4.32. The van der Waals surface area contributed by atoms with Gasteiger partial charge in [-0.25, -0.2) is 9.37 Å². The van der Waals surface area contributed by atoms with E-state index in [1.165, 1.54) is 23.4 Å². The molecular formula is C19H17FN2O. The predicted octanol–water partition coefficient (Wildman–Crippen LogP) is 4.43. The Balaban J connectivity index is 1.57. The third-order valence-corrected chi connectivity index (χ3v) is 4.32. The lowest BCUT2D eigenvalue weighted by atomic mass is 10.1. The molecule has 3 nitrogen and oxygen atoms in total. The number of hydrogen-bond donors (Lipinski definition) is 0. The molecule has 0 radical (unpaired) electrons. The van der Waals surface area contributed by atoms with Gasteiger partial charge in [0.1, 0.15) is 12.1 Å². The highest BCUT2D eigenvalue weighted by Crippen LogP contribution is 2.33. The molecule has 0 saturated carbocycles. The molecule has 0 saturated heterocycles. The highest BCUT2D eigenvalue weighted by atomic mass is 19.1. The number of rotatable bonds is 3. The molecule has 2 aromatic carbocycles. The lowest BCUT2D eigenvalue weighted by Crippen LogP contribution is -2.28. The van der Waals surface area contributed by atoms with Crippen LogP contribution in [0.15, 0.2) is 59.2 Å². The monoisotopic (exact) mass is 308 g/mol. The normalized spacial score (nSPS) is 16.6. The molecule has 0 spiro atoms. The highest BCUT2D eigenvalue weighted by Gasteiger charge is 2.26. The van der Waals surface area contributed by atoms with Gasteiger partial charge in [0.15, 0.2) is 0 Å². The van der Waals surface area contributed by atoms with E-state index in [4.69, 9.17) is 4.42 Å². The summed E-state index contributed by atoms with van der Waals surface area (Å²) in [6.45, 7) is 2.93. The van der Waals surface area contributed by atoms with Gasteiger partial charge in [-0.1, -0.05) is 18.2 Å². The molecule has 1 aliphatic rings. The molecule has 23 heavy (non-hydrogen) atoms. The maximum atomic E-state index is 13.0. The summed E-state index contributed by atoms with van der Waals surface area (Å²) in [5, 5.41) is 0. The van der Waals surface area contributed by atoms with Crippen LogP contribution in [-0.4, -0.2) is 11.0 Å². The first kappa shape index (κ1) is 14.0. The van der Waals surface area contributed by atoms with E-state index >= 15 is 0 Å². The second-order valence-electron chi connectivity index (χ2n) is 5.96. The van der Waals surface area contributed by atoms with Crippen molar-refractivity contribution in [3.63, 3.8) is 0 Å². The molecule has 1 aliphatic heterocycles. The van der Waals surface area contributed by atoms with Gasteiger partial charge in [0.05, 0.1) is 12.2 Å². The van der Waals surface area contributed by atoms with Gasteiger partial charge in [-0.3, -0.25) is 0 Å². The fourth-order valence-electron chi connectivity index (χ4n) is 3.15. The van der Waals surface area contributed by atoms with Crippen LogP contribution < -0.4 is 4.90 Å². The van der Waals surface area contributed by atoms with Crippen LogP contribution in [0.25, 0.3) is 11.5 Å². The van der Waals surface area contributed by atoms with Crippen molar-refractivity contribution < 1.29 is 8.81 Å². The second kappa shape index (κ2) is 5.54. The topological polar surface area (TPSA) is 29.3 Å². The number of nitrogens with zero attached hydrogens (tertiary/aromatic N) is 2. The fraction of sp³-hybridized carbons (Fsp3) is 0.211. The molecule has 0 N–H and O–H groups in total. The minimum absolute atomic E-state index is 0.261. The first-order valence-electron chi connectivity index (χ1n) is 7.75. The van der Waals surface area contributed by atoms with Crippen molar-refractivity contribution in [3.05, 3.63) is 71.9 Å². The van der Waals surface area contributed by atoms with Crippen LogP contribution in [0.1, 0.15) is 18.2 Å². The first-order valence-corrected chi connectivity index (χ1v) is 7.75. The van der Waals surface area contributed by atoms with Crippen molar-refractivity contribution in [2.24, 2.45) is 0 Å². The van der Waals surface area contributed by atoms with Crippen LogP contribution in [0.2, 0.25) is 0 Å². The van der Waals surface area contributed by atoms with Crippen molar-refractivity contribution in [1.29, 1.82) is 0 Å². The number of oxazole rings is 1. The fourth-order valence-corrected chi connectivity index (χ4v) is 3.15. The first-order chi connectivity index (χ1) is 11.2. The van der Waals surface area contributed by atoms with Crippen molar-refractivity contribution >= 4 is 5.69 Å².